The summed E-state index contributed by atoms with van der Waals surface area (Å²) >= 11 is 0. The Kier molecular flexibility index (Phi) is 5.75. The van der Waals surface area contributed by atoms with Crippen LogP contribution in [0.3, 0.4) is 0 Å². The Morgan fingerprint density at radius 1 is 0.690 bits per heavy atom. The van der Waals surface area contributed by atoms with Gasteiger partial charge in [-0.1, -0.05) is 6.07 Å². The van der Waals surface area contributed by atoms with E-state index in [9.17, 15) is 35.1 Å². The highest BCUT2D eigenvalue weighted by molar-refractivity contribution is 7.79. The van der Waals surface area contributed by atoms with Crippen LogP contribution in [0, 0.1) is 46.5 Å². The molecule has 0 saturated heterocycles. The Balaban J connectivity index is 2.47. The molecule has 3 rings (SSSR count). The van der Waals surface area contributed by atoms with Crippen molar-refractivity contribution in [3.8, 4) is 5.88 Å². The van der Waals surface area contributed by atoms with Gasteiger partial charge in [0.1, 0.15) is 0 Å². The number of halogens is 8. The number of hydrogen-bond acceptors (Lipinski definition) is 2. The second-order valence-corrected chi connectivity index (χ2v) is 7.53. The van der Waals surface area contributed by atoms with Crippen molar-refractivity contribution >= 4 is 24.0 Å². The molecule has 2 nitrogen and oxygen atoms in total. The zero-order valence-corrected chi connectivity index (χ0v) is 15.1. The van der Waals surface area contributed by atoms with Crippen LogP contribution >= 0.6 is 7.92 Å². The van der Waals surface area contributed by atoms with Crippen molar-refractivity contribution in [1.82, 2.24) is 4.98 Å². The molecule has 0 aliphatic heterocycles. The van der Waals surface area contributed by atoms with E-state index in [1.807, 2.05) is 0 Å². The Bertz CT molecular complexity index is 992. The first-order valence-corrected chi connectivity index (χ1v) is 8.98. The van der Waals surface area contributed by atoms with Gasteiger partial charge in [-0.3, -0.25) is 0 Å². The van der Waals surface area contributed by atoms with Crippen molar-refractivity contribution < 1.29 is 39.9 Å². The molecule has 0 aliphatic rings. The normalized spacial score (nSPS) is 11.2. The fourth-order valence-corrected chi connectivity index (χ4v) is 4.82. The quantitative estimate of drug-likeness (QED) is 0.350. The lowest BCUT2D eigenvalue weighted by molar-refractivity contribution is 0.399. The van der Waals surface area contributed by atoms with Gasteiger partial charge >= 0.3 is 0 Å². The molecule has 0 bridgehead atoms. The smallest absolute Gasteiger partial charge is 0.213 e. The summed E-state index contributed by atoms with van der Waals surface area (Å²) in [5.41, 5.74) is -0.523. The SMILES string of the molecule is COc1cccc(P(c2c(F)c(F)cc(F)c2F)c2c(F)c(F)cc(F)c2F)n1. The van der Waals surface area contributed by atoms with Crippen LogP contribution in [0.25, 0.3) is 0 Å². The van der Waals surface area contributed by atoms with E-state index in [-0.39, 0.29) is 18.0 Å². The average Bonchev–Trinajstić information content (AvgIpc) is 2.70. The summed E-state index contributed by atoms with van der Waals surface area (Å²) in [7, 11) is -2.11. The van der Waals surface area contributed by atoms with Gasteiger partial charge in [0.2, 0.25) is 5.88 Å². The zero-order valence-electron chi connectivity index (χ0n) is 14.2. The molecule has 29 heavy (non-hydrogen) atoms. The van der Waals surface area contributed by atoms with Gasteiger partial charge in [0, 0.05) is 26.1 Å². The maximum atomic E-state index is 14.5. The largest absolute Gasteiger partial charge is 0.481 e. The Morgan fingerprint density at radius 2 is 1.10 bits per heavy atom. The molecule has 3 aromatic rings. The molecule has 0 atom stereocenters. The van der Waals surface area contributed by atoms with Crippen molar-refractivity contribution in [3.63, 3.8) is 0 Å². The first kappa shape index (κ1) is 21.0. The van der Waals surface area contributed by atoms with E-state index in [0.29, 0.717) is 0 Å². The van der Waals surface area contributed by atoms with Gasteiger partial charge in [0.25, 0.3) is 0 Å². The van der Waals surface area contributed by atoms with Crippen molar-refractivity contribution in [1.29, 1.82) is 0 Å². The van der Waals surface area contributed by atoms with E-state index in [1.165, 1.54) is 12.1 Å². The predicted molar refractivity (Wildman–Crippen MR) is 89.2 cm³/mol. The molecule has 1 aromatic heterocycles. The standard InChI is InChI=1S/C18H8F8NOP/c1-28-11-3-2-4-12(27-11)29(17-13(23)7(19)5-8(20)14(17)24)18-15(25)9(21)6-10(22)16(18)26/h2-6H,1H3. The summed E-state index contributed by atoms with van der Waals surface area (Å²) in [6.07, 6.45) is 0. The van der Waals surface area contributed by atoms with Crippen molar-refractivity contribution in [2.45, 2.75) is 0 Å². The van der Waals surface area contributed by atoms with Crippen LogP contribution in [0.4, 0.5) is 35.1 Å². The van der Waals surface area contributed by atoms with Crippen LogP contribution in [0.15, 0.2) is 30.3 Å². The monoisotopic (exact) mass is 437 g/mol. The molecule has 11 heteroatoms. The fraction of sp³-hybridized carbons (Fsp3) is 0.0556. The number of hydrogen-bond donors (Lipinski definition) is 0. The molecule has 2 aromatic carbocycles. The molecule has 1 heterocycles. The lowest BCUT2D eigenvalue weighted by Gasteiger charge is -2.21. The number of nitrogens with zero attached hydrogens (tertiary/aromatic N) is 1. The van der Waals surface area contributed by atoms with E-state index >= 15 is 0 Å². The van der Waals surface area contributed by atoms with Gasteiger partial charge in [-0.2, -0.15) is 0 Å². The molecule has 0 radical (unpaired) electrons. The number of methoxy groups -OCH3 is 1. The van der Waals surface area contributed by atoms with E-state index in [2.05, 4.69) is 4.98 Å². The van der Waals surface area contributed by atoms with Crippen LogP contribution in [-0.4, -0.2) is 12.1 Å². The lowest BCUT2D eigenvalue weighted by atomic mass is 10.3. The number of ether oxygens (including phenoxy) is 1. The second-order valence-electron chi connectivity index (χ2n) is 5.51. The summed E-state index contributed by atoms with van der Waals surface area (Å²) in [6.45, 7) is 0. The minimum absolute atomic E-state index is 0.112. The summed E-state index contributed by atoms with van der Waals surface area (Å²) in [5.74, 6) is -15.6. The van der Waals surface area contributed by atoms with E-state index < -0.39 is 70.5 Å². The minimum Gasteiger partial charge on any atom is -0.481 e. The Morgan fingerprint density at radius 3 is 1.48 bits per heavy atom. The highest BCUT2D eigenvalue weighted by Crippen LogP contribution is 2.38. The van der Waals surface area contributed by atoms with E-state index in [1.54, 1.807) is 0 Å². The zero-order chi connectivity index (χ0) is 21.5. The van der Waals surface area contributed by atoms with Gasteiger partial charge in [-0.25, -0.2) is 40.1 Å². The van der Waals surface area contributed by atoms with Crippen LogP contribution in [0.5, 0.6) is 5.88 Å². The number of benzene rings is 2. The third kappa shape index (κ3) is 3.64. The predicted octanol–water partition coefficient (Wildman–Crippen LogP) is 3.96. The van der Waals surface area contributed by atoms with E-state index in [0.717, 1.165) is 13.2 Å². The average molecular weight is 437 g/mol. The van der Waals surface area contributed by atoms with Gasteiger partial charge in [0.05, 0.1) is 23.2 Å². The summed E-state index contributed by atoms with van der Waals surface area (Å²) < 4.78 is 118. The molecule has 0 amide bonds. The maximum Gasteiger partial charge on any atom is 0.213 e. The molecule has 0 saturated carbocycles. The topological polar surface area (TPSA) is 22.1 Å². The molecule has 0 aliphatic carbocycles. The highest BCUT2D eigenvalue weighted by atomic mass is 31.1. The number of aromatic nitrogens is 1. The summed E-state index contributed by atoms with van der Waals surface area (Å²) in [6, 6.07) is 3.25. The van der Waals surface area contributed by atoms with Gasteiger partial charge in [-0.15, -0.1) is 0 Å². The molecule has 0 unspecified atom stereocenters. The molecular formula is C18H8F8NOP. The van der Waals surface area contributed by atoms with Gasteiger partial charge < -0.3 is 4.74 Å². The third-order valence-corrected chi connectivity index (χ3v) is 6.16. The summed E-state index contributed by atoms with van der Waals surface area (Å²) in [5, 5.41) is -2.91. The van der Waals surface area contributed by atoms with Gasteiger partial charge in [-0.05, 0) is 6.07 Å². The first-order valence-electron chi connectivity index (χ1n) is 7.64. The molecule has 0 spiro atoms. The number of rotatable bonds is 4. The van der Waals surface area contributed by atoms with Crippen LogP contribution in [0.2, 0.25) is 0 Å². The van der Waals surface area contributed by atoms with Crippen LogP contribution < -0.4 is 20.8 Å². The van der Waals surface area contributed by atoms with Crippen LogP contribution in [0.1, 0.15) is 0 Å². The van der Waals surface area contributed by atoms with Crippen molar-refractivity contribution in [2.24, 2.45) is 0 Å². The molecule has 152 valence electrons. The number of pyridine rings is 1. The Hall–Kier alpha value is -2.74. The van der Waals surface area contributed by atoms with Gasteiger partial charge in [0.15, 0.2) is 46.5 Å². The minimum atomic E-state index is -3.27. The molecule has 0 fully saturated rings. The van der Waals surface area contributed by atoms with E-state index in [4.69, 9.17) is 4.74 Å². The van der Waals surface area contributed by atoms with Crippen LogP contribution in [-0.2, 0) is 0 Å². The fourth-order valence-electron chi connectivity index (χ4n) is 2.50. The second kappa shape index (κ2) is 7.94. The van der Waals surface area contributed by atoms with Crippen molar-refractivity contribution in [2.75, 3.05) is 7.11 Å². The third-order valence-electron chi connectivity index (χ3n) is 3.77. The Labute approximate surface area is 159 Å². The highest BCUT2D eigenvalue weighted by Gasteiger charge is 2.35. The maximum absolute atomic E-state index is 14.5. The molecular weight excluding hydrogens is 429 g/mol. The first-order chi connectivity index (χ1) is 13.7. The molecule has 0 N–H and O–H groups in total. The van der Waals surface area contributed by atoms with Crippen molar-refractivity contribution in [3.05, 3.63) is 76.9 Å². The summed E-state index contributed by atoms with van der Waals surface area (Å²) in [4.78, 5) is 3.78. The lowest BCUT2D eigenvalue weighted by Crippen LogP contribution is -2.33.